The number of nitriles is 2. The fourth-order valence-corrected chi connectivity index (χ4v) is 3.49. The van der Waals surface area contributed by atoms with Gasteiger partial charge in [0, 0.05) is 28.4 Å². The fourth-order valence-electron chi connectivity index (χ4n) is 3.49. The number of primary amides is 1. The van der Waals surface area contributed by atoms with E-state index in [4.69, 9.17) is 11.5 Å². The van der Waals surface area contributed by atoms with Gasteiger partial charge in [-0.1, -0.05) is 24.3 Å². The number of carbonyl (C=O) groups excluding carboxylic acids is 1. The molecule has 28 heavy (non-hydrogen) atoms. The van der Waals surface area contributed by atoms with Crippen LogP contribution >= 0.6 is 0 Å². The summed E-state index contributed by atoms with van der Waals surface area (Å²) in [6, 6.07) is 18.7. The predicted molar refractivity (Wildman–Crippen MR) is 108 cm³/mol. The Balaban J connectivity index is 2.10. The number of nitrogens with zero attached hydrogens (tertiary/aromatic N) is 3. The van der Waals surface area contributed by atoms with E-state index in [2.05, 4.69) is 17.1 Å². The topological polar surface area (TPSA) is 129 Å². The Hall–Kier alpha value is -3.90. The SMILES string of the molecule is CC1=NC(c2cccc(N)c2)=C(C#N)C(Cc2cccc(C(N)=O)c2)C1C#N. The summed E-state index contributed by atoms with van der Waals surface area (Å²) in [6.45, 7) is 1.79. The van der Waals surface area contributed by atoms with Crippen LogP contribution in [0.2, 0.25) is 0 Å². The van der Waals surface area contributed by atoms with Crippen molar-refractivity contribution in [3.8, 4) is 12.1 Å². The number of rotatable bonds is 4. The molecule has 1 aliphatic heterocycles. The molecule has 6 nitrogen and oxygen atoms in total. The van der Waals surface area contributed by atoms with Crippen LogP contribution in [0.4, 0.5) is 5.69 Å². The lowest BCUT2D eigenvalue weighted by Gasteiger charge is -2.27. The van der Waals surface area contributed by atoms with Gasteiger partial charge in [-0.2, -0.15) is 10.5 Å². The van der Waals surface area contributed by atoms with Crippen molar-refractivity contribution in [1.82, 2.24) is 0 Å². The molecule has 4 N–H and O–H groups in total. The standard InChI is InChI=1S/C22H19N5O/c1-13-19(11-23)18(9-14-4-2-6-16(8-14)22(26)28)20(12-24)21(27-13)15-5-3-7-17(25)10-15/h2-8,10,18-19H,9,25H2,1H3,(H2,26,28). The molecule has 2 unspecified atom stereocenters. The van der Waals surface area contributed by atoms with E-state index in [0.717, 1.165) is 11.1 Å². The summed E-state index contributed by atoms with van der Waals surface area (Å²) < 4.78 is 0. The van der Waals surface area contributed by atoms with Gasteiger partial charge < -0.3 is 11.5 Å². The van der Waals surface area contributed by atoms with Crippen LogP contribution in [0.1, 0.15) is 28.4 Å². The smallest absolute Gasteiger partial charge is 0.248 e. The Labute approximate surface area is 163 Å². The number of aliphatic imine (C=N–C) groups is 1. The predicted octanol–water partition coefficient (Wildman–Crippen LogP) is 3.08. The van der Waals surface area contributed by atoms with Gasteiger partial charge in [-0.25, -0.2) is 0 Å². The molecule has 1 amide bonds. The fraction of sp³-hybridized carbons (Fsp3) is 0.182. The van der Waals surface area contributed by atoms with E-state index in [0.29, 0.717) is 34.7 Å². The van der Waals surface area contributed by atoms with Crippen molar-refractivity contribution < 1.29 is 4.79 Å². The molecule has 0 aliphatic carbocycles. The summed E-state index contributed by atoms with van der Waals surface area (Å²) in [7, 11) is 0. The molecule has 0 radical (unpaired) electrons. The Bertz CT molecular complexity index is 1080. The summed E-state index contributed by atoms with van der Waals surface area (Å²) >= 11 is 0. The largest absolute Gasteiger partial charge is 0.399 e. The van der Waals surface area contributed by atoms with Gasteiger partial charge in [-0.3, -0.25) is 9.79 Å². The van der Waals surface area contributed by atoms with Crippen molar-refractivity contribution in [1.29, 1.82) is 10.5 Å². The van der Waals surface area contributed by atoms with E-state index in [1.165, 1.54) is 0 Å². The van der Waals surface area contributed by atoms with Crippen LogP contribution in [0.5, 0.6) is 0 Å². The van der Waals surface area contributed by atoms with Crippen molar-refractivity contribution >= 4 is 23.0 Å². The Morgan fingerprint density at radius 3 is 2.57 bits per heavy atom. The molecule has 0 aromatic heterocycles. The quantitative estimate of drug-likeness (QED) is 0.802. The summed E-state index contributed by atoms with van der Waals surface area (Å²) in [5.74, 6) is -1.43. The third-order valence-electron chi connectivity index (χ3n) is 4.85. The van der Waals surface area contributed by atoms with Crippen LogP contribution in [-0.4, -0.2) is 11.6 Å². The maximum atomic E-state index is 11.5. The second-order valence-electron chi connectivity index (χ2n) is 6.73. The first-order chi connectivity index (χ1) is 13.4. The summed E-state index contributed by atoms with van der Waals surface area (Å²) in [5, 5.41) is 19.6. The highest BCUT2D eigenvalue weighted by atomic mass is 16.1. The molecule has 2 atom stereocenters. The molecule has 1 heterocycles. The Kier molecular flexibility index (Phi) is 5.24. The maximum Gasteiger partial charge on any atom is 0.248 e. The number of allylic oxidation sites excluding steroid dienone is 1. The molecule has 3 rings (SSSR count). The van der Waals surface area contributed by atoms with Crippen LogP contribution in [0.25, 0.3) is 5.70 Å². The van der Waals surface area contributed by atoms with Crippen molar-refractivity contribution in [3.05, 3.63) is 70.8 Å². The molecular weight excluding hydrogens is 350 g/mol. The number of hydrogen-bond donors (Lipinski definition) is 2. The minimum atomic E-state index is -0.531. The summed E-state index contributed by atoms with van der Waals surface area (Å²) in [6.07, 6.45) is 0.418. The number of benzene rings is 2. The monoisotopic (exact) mass is 369 g/mol. The van der Waals surface area contributed by atoms with Crippen LogP contribution in [0, 0.1) is 34.5 Å². The third-order valence-corrected chi connectivity index (χ3v) is 4.85. The summed E-state index contributed by atoms with van der Waals surface area (Å²) in [4.78, 5) is 16.0. The molecule has 0 bridgehead atoms. The van der Waals surface area contributed by atoms with Gasteiger partial charge in [-0.15, -0.1) is 0 Å². The lowest BCUT2D eigenvalue weighted by Crippen LogP contribution is -2.28. The van der Waals surface area contributed by atoms with Gasteiger partial charge in [0.05, 0.1) is 29.3 Å². The molecule has 6 heteroatoms. The van der Waals surface area contributed by atoms with Crippen LogP contribution in [-0.2, 0) is 6.42 Å². The van der Waals surface area contributed by atoms with Gasteiger partial charge in [0.1, 0.15) is 0 Å². The van der Waals surface area contributed by atoms with Crippen LogP contribution in [0.15, 0.2) is 59.1 Å². The second kappa shape index (κ2) is 7.77. The van der Waals surface area contributed by atoms with Gasteiger partial charge in [0.25, 0.3) is 0 Å². The third kappa shape index (κ3) is 3.62. The van der Waals surface area contributed by atoms with Gasteiger partial charge in [0.2, 0.25) is 5.91 Å². The zero-order valence-electron chi connectivity index (χ0n) is 15.4. The van der Waals surface area contributed by atoms with Crippen LogP contribution < -0.4 is 11.5 Å². The zero-order chi connectivity index (χ0) is 20.3. The number of nitrogens with two attached hydrogens (primary N) is 2. The molecule has 138 valence electrons. The van der Waals surface area contributed by atoms with E-state index in [-0.39, 0.29) is 5.92 Å². The van der Waals surface area contributed by atoms with Crippen molar-refractivity contribution in [2.75, 3.05) is 5.73 Å². The molecule has 0 saturated carbocycles. The van der Waals surface area contributed by atoms with E-state index in [9.17, 15) is 15.3 Å². The van der Waals surface area contributed by atoms with Gasteiger partial charge in [0.15, 0.2) is 0 Å². The minimum Gasteiger partial charge on any atom is -0.399 e. The minimum absolute atomic E-state index is 0.382. The Morgan fingerprint density at radius 1 is 1.18 bits per heavy atom. The summed E-state index contributed by atoms with van der Waals surface area (Å²) in [5.41, 5.74) is 15.4. The number of hydrogen-bond acceptors (Lipinski definition) is 5. The van der Waals surface area contributed by atoms with Crippen LogP contribution in [0.3, 0.4) is 0 Å². The Morgan fingerprint density at radius 2 is 1.93 bits per heavy atom. The average Bonchev–Trinajstić information content (AvgIpc) is 2.68. The molecule has 2 aromatic rings. The maximum absolute atomic E-state index is 11.5. The molecule has 0 spiro atoms. The highest BCUT2D eigenvalue weighted by Gasteiger charge is 2.34. The number of carbonyl (C=O) groups is 1. The second-order valence-corrected chi connectivity index (χ2v) is 6.73. The normalized spacial score (nSPS) is 18.8. The first-order valence-electron chi connectivity index (χ1n) is 8.78. The molecular formula is C22H19N5O. The first kappa shape index (κ1) is 18.9. The van der Waals surface area contributed by atoms with Gasteiger partial charge in [-0.05, 0) is 43.2 Å². The van der Waals surface area contributed by atoms with E-state index >= 15 is 0 Å². The average molecular weight is 369 g/mol. The van der Waals surface area contributed by atoms with Crippen molar-refractivity contribution in [2.45, 2.75) is 13.3 Å². The van der Waals surface area contributed by atoms with E-state index in [1.54, 1.807) is 43.3 Å². The zero-order valence-corrected chi connectivity index (χ0v) is 15.4. The van der Waals surface area contributed by atoms with E-state index in [1.807, 2.05) is 12.1 Å². The van der Waals surface area contributed by atoms with Crippen molar-refractivity contribution in [3.63, 3.8) is 0 Å². The van der Waals surface area contributed by atoms with Gasteiger partial charge >= 0.3 is 0 Å². The lowest BCUT2D eigenvalue weighted by atomic mass is 9.76. The molecule has 2 aromatic carbocycles. The number of anilines is 1. The first-order valence-corrected chi connectivity index (χ1v) is 8.78. The highest BCUT2D eigenvalue weighted by Crippen LogP contribution is 2.37. The highest BCUT2D eigenvalue weighted by molar-refractivity contribution is 5.96. The lowest BCUT2D eigenvalue weighted by molar-refractivity contribution is 0.1000. The molecule has 0 saturated heterocycles. The van der Waals surface area contributed by atoms with E-state index < -0.39 is 11.8 Å². The molecule has 0 fully saturated rings. The molecule has 1 aliphatic rings. The van der Waals surface area contributed by atoms with Crippen molar-refractivity contribution in [2.24, 2.45) is 22.6 Å². The number of amides is 1. The number of nitrogen functional groups attached to an aromatic ring is 1.